The minimum atomic E-state index is 0.679. The Hall–Kier alpha value is -1.40. The lowest BCUT2D eigenvalue weighted by Gasteiger charge is -2.05. The average molecular weight is 323 g/mol. The minimum Gasteiger partial charge on any atom is -0.495 e. The van der Waals surface area contributed by atoms with Gasteiger partial charge in [0.25, 0.3) is 0 Å². The fourth-order valence-corrected chi connectivity index (χ4v) is 2.24. The van der Waals surface area contributed by atoms with Crippen LogP contribution in [0.3, 0.4) is 0 Å². The second kappa shape index (κ2) is 5.30. The monoisotopic (exact) mass is 322 g/mol. The van der Waals surface area contributed by atoms with Gasteiger partial charge in [0.2, 0.25) is 0 Å². The van der Waals surface area contributed by atoms with Gasteiger partial charge < -0.3 is 10.1 Å². The van der Waals surface area contributed by atoms with Gasteiger partial charge in [-0.05, 0) is 40.9 Å². The topological polar surface area (TPSA) is 52.0 Å². The van der Waals surface area contributed by atoms with Gasteiger partial charge in [-0.15, -0.1) is 5.10 Å². The first-order valence-corrected chi connectivity index (χ1v) is 7.04. The molecule has 1 N–H and O–H groups in total. The molecule has 1 saturated carbocycles. The van der Waals surface area contributed by atoms with Crippen molar-refractivity contribution >= 4 is 15.9 Å². The van der Waals surface area contributed by atoms with Crippen molar-refractivity contribution in [2.75, 3.05) is 7.11 Å². The number of ether oxygens (including phenoxy) is 1. The fraction of sp³-hybridized carbons (Fsp3) is 0.385. The summed E-state index contributed by atoms with van der Waals surface area (Å²) < 4.78 is 7.97. The summed E-state index contributed by atoms with van der Waals surface area (Å²) in [6.07, 6.45) is 4.49. The first kappa shape index (κ1) is 12.6. The van der Waals surface area contributed by atoms with E-state index in [1.54, 1.807) is 11.8 Å². The number of nitrogens with one attached hydrogen (secondary N) is 1. The molecule has 3 rings (SSSR count). The van der Waals surface area contributed by atoms with Gasteiger partial charge in [0.05, 0.1) is 29.2 Å². The Balaban J connectivity index is 1.77. The Bertz CT molecular complexity index is 580. The highest BCUT2D eigenvalue weighted by atomic mass is 79.9. The van der Waals surface area contributed by atoms with E-state index in [4.69, 9.17) is 4.74 Å². The number of hydrogen-bond donors (Lipinski definition) is 1. The molecule has 100 valence electrons. The molecule has 1 aliphatic rings. The van der Waals surface area contributed by atoms with Crippen LogP contribution in [0, 0.1) is 0 Å². The molecule has 6 heteroatoms. The van der Waals surface area contributed by atoms with Gasteiger partial charge in [-0.2, -0.15) is 0 Å². The number of methoxy groups -OCH3 is 1. The average Bonchev–Trinajstić information content (AvgIpc) is 3.14. The number of halogens is 1. The molecule has 2 aromatic rings. The predicted molar refractivity (Wildman–Crippen MR) is 75.5 cm³/mol. The van der Waals surface area contributed by atoms with Crippen LogP contribution in [0.15, 0.2) is 28.9 Å². The van der Waals surface area contributed by atoms with Crippen LogP contribution in [0.2, 0.25) is 0 Å². The molecule has 19 heavy (non-hydrogen) atoms. The maximum Gasteiger partial charge on any atom is 0.135 e. The number of aromatic nitrogens is 3. The van der Waals surface area contributed by atoms with E-state index in [-0.39, 0.29) is 0 Å². The minimum absolute atomic E-state index is 0.679. The molecule has 1 heterocycles. The Morgan fingerprint density at radius 2 is 2.32 bits per heavy atom. The molecular formula is C13H15BrN4O. The summed E-state index contributed by atoms with van der Waals surface area (Å²) in [5, 5.41) is 11.7. The second-order valence-electron chi connectivity index (χ2n) is 4.63. The van der Waals surface area contributed by atoms with Crippen molar-refractivity contribution in [1.29, 1.82) is 0 Å². The molecule has 0 unspecified atom stereocenters. The maximum absolute atomic E-state index is 5.28. The van der Waals surface area contributed by atoms with Crippen LogP contribution in [0.5, 0.6) is 5.75 Å². The summed E-state index contributed by atoms with van der Waals surface area (Å²) in [7, 11) is 1.65. The SMILES string of the molecule is COc1cc(-n2cc(CNC3CC3)nn2)ccc1Br. The van der Waals surface area contributed by atoms with Crippen molar-refractivity contribution in [1.82, 2.24) is 20.3 Å². The molecule has 0 bridgehead atoms. The molecule has 0 amide bonds. The largest absolute Gasteiger partial charge is 0.495 e. The third-order valence-corrected chi connectivity index (χ3v) is 3.74. The van der Waals surface area contributed by atoms with Crippen molar-refractivity contribution in [3.8, 4) is 11.4 Å². The van der Waals surface area contributed by atoms with Crippen LogP contribution in [-0.4, -0.2) is 28.1 Å². The fourth-order valence-electron chi connectivity index (χ4n) is 1.83. The molecule has 0 spiro atoms. The van der Waals surface area contributed by atoms with E-state index in [0.29, 0.717) is 6.04 Å². The van der Waals surface area contributed by atoms with Crippen LogP contribution in [0.1, 0.15) is 18.5 Å². The molecule has 0 saturated heterocycles. The first-order chi connectivity index (χ1) is 9.26. The molecule has 5 nitrogen and oxygen atoms in total. The van der Waals surface area contributed by atoms with Crippen LogP contribution < -0.4 is 10.1 Å². The van der Waals surface area contributed by atoms with E-state index in [9.17, 15) is 0 Å². The Morgan fingerprint density at radius 1 is 1.47 bits per heavy atom. The first-order valence-electron chi connectivity index (χ1n) is 6.25. The molecule has 1 aromatic heterocycles. The van der Waals surface area contributed by atoms with Crippen molar-refractivity contribution in [2.45, 2.75) is 25.4 Å². The predicted octanol–water partition coefficient (Wildman–Crippen LogP) is 2.29. The van der Waals surface area contributed by atoms with Crippen molar-refractivity contribution in [3.63, 3.8) is 0 Å². The summed E-state index contributed by atoms with van der Waals surface area (Å²) >= 11 is 3.44. The van der Waals surface area contributed by atoms with Gasteiger partial charge >= 0.3 is 0 Å². The van der Waals surface area contributed by atoms with Crippen LogP contribution >= 0.6 is 15.9 Å². The zero-order valence-corrected chi connectivity index (χ0v) is 12.2. The second-order valence-corrected chi connectivity index (χ2v) is 5.48. The van der Waals surface area contributed by atoms with Crippen molar-refractivity contribution in [3.05, 3.63) is 34.6 Å². The van der Waals surface area contributed by atoms with Crippen LogP contribution in [0.4, 0.5) is 0 Å². The lowest BCUT2D eigenvalue weighted by atomic mass is 10.3. The number of benzene rings is 1. The molecule has 1 aliphatic carbocycles. The van der Waals surface area contributed by atoms with Gasteiger partial charge in [0.1, 0.15) is 5.75 Å². The van der Waals surface area contributed by atoms with Gasteiger partial charge in [-0.1, -0.05) is 5.21 Å². The number of nitrogens with zero attached hydrogens (tertiary/aromatic N) is 3. The number of rotatable bonds is 5. The Labute approximate surface area is 120 Å². The summed E-state index contributed by atoms with van der Waals surface area (Å²) in [4.78, 5) is 0. The summed E-state index contributed by atoms with van der Waals surface area (Å²) in [5.74, 6) is 0.783. The van der Waals surface area contributed by atoms with Crippen molar-refractivity contribution < 1.29 is 4.74 Å². The zero-order valence-electron chi connectivity index (χ0n) is 10.6. The molecule has 0 radical (unpaired) electrons. The smallest absolute Gasteiger partial charge is 0.135 e. The summed E-state index contributed by atoms with van der Waals surface area (Å²) in [6, 6.07) is 6.52. The van der Waals surface area contributed by atoms with Gasteiger partial charge in [0.15, 0.2) is 0 Å². The summed E-state index contributed by atoms with van der Waals surface area (Å²) in [6.45, 7) is 0.776. The maximum atomic E-state index is 5.28. The third kappa shape index (κ3) is 2.96. The Kier molecular flexibility index (Phi) is 3.52. The molecular weight excluding hydrogens is 308 g/mol. The quantitative estimate of drug-likeness (QED) is 0.917. The Morgan fingerprint density at radius 3 is 3.05 bits per heavy atom. The highest BCUT2D eigenvalue weighted by Crippen LogP contribution is 2.27. The molecule has 1 aromatic carbocycles. The van der Waals surface area contributed by atoms with E-state index in [2.05, 4.69) is 31.6 Å². The summed E-state index contributed by atoms with van der Waals surface area (Å²) in [5.41, 5.74) is 1.89. The number of hydrogen-bond acceptors (Lipinski definition) is 4. The highest BCUT2D eigenvalue weighted by Gasteiger charge is 2.20. The molecule has 0 aliphatic heterocycles. The standard InChI is InChI=1S/C13H15BrN4O/c1-19-13-6-11(4-5-12(13)14)18-8-10(16-17-18)7-15-9-2-3-9/h4-6,8-9,15H,2-3,7H2,1H3. The van der Waals surface area contributed by atoms with E-state index in [1.165, 1.54) is 12.8 Å². The highest BCUT2D eigenvalue weighted by molar-refractivity contribution is 9.10. The van der Waals surface area contributed by atoms with E-state index < -0.39 is 0 Å². The van der Waals surface area contributed by atoms with Gasteiger partial charge in [-0.25, -0.2) is 4.68 Å². The lowest BCUT2D eigenvalue weighted by molar-refractivity contribution is 0.412. The van der Waals surface area contributed by atoms with Crippen LogP contribution in [-0.2, 0) is 6.54 Å². The van der Waals surface area contributed by atoms with Crippen LogP contribution in [0.25, 0.3) is 5.69 Å². The van der Waals surface area contributed by atoms with E-state index in [0.717, 1.165) is 28.1 Å². The normalized spacial score (nSPS) is 14.6. The zero-order chi connectivity index (χ0) is 13.2. The molecule has 0 atom stereocenters. The van der Waals surface area contributed by atoms with Gasteiger partial charge in [0, 0.05) is 18.7 Å². The third-order valence-electron chi connectivity index (χ3n) is 3.09. The molecule has 1 fully saturated rings. The van der Waals surface area contributed by atoms with E-state index >= 15 is 0 Å². The van der Waals surface area contributed by atoms with Gasteiger partial charge in [-0.3, -0.25) is 0 Å². The van der Waals surface area contributed by atoms with Crippen molar-refractivity contribution in [2.24, 2.45) is 0 Å². The lowest BCUT2D eigenvalue weighted by Crippen LogP contribution is -2.15. The van der Waals surface area contributed by atoms with E-state index in [1.807, 2.05) is 24.4 Å².